The van der Waals surface area contributed by atoms with E-state index < -0.39 is 0 Å². The molecule has 1 fully saturated rings. The number of nitrogens with zero attached hydrogens (tertiary/aromatic N) is 2. The van der Waals surface area contributed by atoms with Gasteiger partial charge in [0.15, 0.2) is 5.69 Å². The highest BCUT2D eigenvalue weighted by atomic mass is 16.5. The number of aromatic nitrogens is 2. The Bertz CT molecular complexity index is 660. The standard InChI is InChI=1S/C18H22N4O2/c1-2-19-18(23)15-8-9-16(22-21-15)20-12-14-10-11-24-17(14)13-6-4-3-5-7-13/h3-9,14,17H,2,10-12H2,1H3,(H,19,23)(H,20,22)/t14-,17-/m1/s1. The van der Waals surface area contributed by atoms with Crippen molar-refractivity contribution < 1.29 is 9.53 Å². The van der Waals surface area contributed by atoms with Crippen LogP contribution in [0.3, 0.4) is 0 Å². The average molecular weight is 326 g/mol. The molecule has 6 nitrogen and oxygen atoms in total. The first kappa shape index (κ1) is 16.4. The Morgan fingerprint density at radius 2 is 2.04 bits per heavy atom. The van der Waals surface area contributed by atoms with Crippen LogP contribution in [-0.2, 0) is 4.74 Å². The van der Waals surface area contributed by atoms with Crippen LogP contribution in [0.1, 0.15) is 35.5 Å². The van der Waals surface area contributed by atoms with E-state index in [2.05, 4.69) is 33.0 Å². The fraction of sp³-hybridized carbons (Fsp3) is 0.389. The molecule has 1 aliphatic heterocycles. The Hall–Kier alpha value is -2.47. The molecule has 1 saturated heterocycles. The normalized spacial score (nSPS) is 19.9. The van der Waals surface area contributed by atoms with Gasteiger partial charge in [0.05, 0.1) is 6.10 Å². The summed E-state index contributed by atoms with van der Waals surface area (Å²) in [6.07, 6.45) is 1.12. The van der Waals surface area contributed by atoms with Crippen molar-refractivity contribution in [2.45, 2.75) is 19.4 Å². The van der Waals surface area contributed by atoms with E-state index in [4.69, 9.17) is 4.74 Å². The Morgan fingerprint density at radius 1 is 1.21 bits per heavy atom. The lowest BCUT2D eigenvalue weighted by Crippen LogP contribution is -2.24. The van der Waals surface area contributed by atoms with Crippen molar-refractivity contribution >= 4 is 11.7 Å². The van der Waals surface area contributed by atoms with Crippen molar-refractivity contribution in [2.75, 3.05) is 25.0 Å². The third kappa shape index (κ3) is 3.89. The second-order valence-corrected chi connectivity index (χ2v) is 5.79. The van der Waals surface area contributed by atoms with Gasteiger partial charge in [0.25, 0.3) is 5.91 Å². The van der Waals surface area contributed by atoms with Crippen molar-refractivity contribution in [3.05, 3.63) is 53.7 Å². The van der Waals surface area contributed by atoms with E-state index in [1.54, 1.807) is 12.1 Å². The van der Waals surface area contributed by atoms with Gasteiger partial charge in [-0.05, 0) is 31.0 Å². The second-order valence-electron chi connectivity index (χ2n) is 5.79. The van der Waals surface area contributed by atoms with Gasteiger partial charge in [-0.15, -0.1) is 10.2 Å². The molecular weight excluding hydrogens is 304 g/mol. The molecule has 2 aromatic rings. The van der Waals surface area contributed by atoms with Crippen LogP contribution < -0.4 is 10.6 Å². The summed E-state index contributed by atoms with van der Waals surface area (Å²) in [6, 6.07) is 13.7. The molecule has 2 N–H and O–H groups in total. The topological polar surface area (TPSA) is 76.1 Å². The molecule has 0 aliphatic carbocycles. The highest BCUT2D eigenvalue weighted by Gasteiger charge is 2.29. The van der Waals surface area contributed by atoms with E-state index in [0.717, 1.165) is 19.6 Å². The van der Waals surface area contributed by atoms with Crippen LogP contribution >= 0.6 is 0 Å². The summed E-state index contributed by atoms with van der Waals surface area (Å²) in [4.78, 5) is 11.7. The Morgan fingerprint density at radius 3 is 2.75 bits per heavy atom. The maximum Gasteiger partial charge on any atom is 0.271 e. The smallest absolute Gasteiger partial charge is 0.271 e. The highest BCUT2D eigenvalue weighted by Crippen LogP contribution is 2.34. The van der Waals surface area contributed by atoms with Gasteiger partial charge in [-0.1, -0.05) is 30.3 Å². The van der Waals surface area contributed by atoms with Crippen LogP contribution in [0.15, 0.2) is 42.5 Å². The molecule has 2 heterocycles. The van der Waals surface area contributed by atoms with Crippen molar-refractivity contribution in [3.8, 4) is 0 Å². The van der Waals surface area contributed by atoms with Gasteiger partial charge >= 0.3 is 0 Å². The number of benzene rings is 1. The fourth-order valence-corrected chi connectivity index (χ4v) is 2.89. The number of hydrogen-bond donors (Lipinski definition) is 2. The third-order valence-electron chi connectivity index (χ3n) is 4.12. The third-order valence-corrected chi connectivity index (χ3v) is 4.12. The van der Waals surface area contributed by atoms with Crippen LogP contribution in [0.5, 0.6) is 0 Å². The van der Waals surface area contributed by atoms with Crippen LogP contribution in [-0.4, -0.2) is 35.8 Å². The zero-order chi connectivity index (χ0) is 16.8. The fourth-order valence-electron chi connectivity index (χ4n) is 2.89. The second kappa shape index (κ2) is 7.88. The van der Waals surface area contributed by atoms with Crippen molar-refractivity contribution in [1.29, 1.82) is 0 Å². The van der Waals surface area contributed by atoms with Crippen molar-refractivity contribution in [3.63, 3.8) is 0 Å². The molecule has 2 atom stereocenters. The Labute approximate surface area is 141 Å². The number of carbonyl (C=O) groups is 1. The summed E-state index contributed by atoms with van der Waals surface area (Å²) < 4.78 is 5.89. The highest BCUT2D eigenvalue weighted by molar-refractivity contribution is 5.92. The van der Waals surface area contributed by atoms with Gasteiger partial charge in [-0.2, -0.15) is 0 Å². The van der Waals surface area contributed by atoms with E-state index >= 15 is 0 Å². The van der Waals surface area contributed by atoms with Gasteiger partial charge in [-0.3, -0.25) is 4.79 Å². The number of amides is 1. The Kier molecular flexibility index (Phi) is 5.38. The summed E-state index contributed by atoms with van der Waals surface area (Å²) in [7, 11) is 0. The van der Waals surface area contributed by atoms with Gasteiger partial charge in [0.2, 0.25) is 0 Å². The van der Waals surface area contributed by atoms with Crippen molar-refractivity contribution in [1.82, 2.24) is 15.5 Å². The maximum absolute atomic E-state index is 11.7. The summed E-state index contributed by atoms with van der Waals surface area (Å²) in [5, 5.41) is 14.0. The molecule has 1 aromatic heterocycles. The van der Waals surface area contributed by atoms with Gasteiger partial charge in [-0.25, -0.2) is 0 Å². The number of ether oxygens (including phenoxy) is 1. The molecule has 3 rings (SSSR count). The molecule has 1 aliphatic rings. The molecule has 0 radical (unpaired) electrons. The number of nitrogens with one attached hydrogen (secondary N) is 2. The number of rotatable bonds is 6. The molecule has 1 aromatic carbocycles. The molecule has 0 saturated carbocycles. The van der Waals surface area contributed by atoms with Gasteiger partial charge < -0.3 is 15.4 Å². The van der Waals surface area contributed by atoms with Gasteiger partial charge in [0.1, 0.15) is 5.82 Å². The SMILES string of the molecule is CCNC(=O)c1ccc(NC[C@H]2CCO[C@@H]2c2ccccc2)nn1. The summed E-state index contributed by atoms with van der Waals surface area (Å²) in [5.41, 5.74) is 1.54. The number of hydrogen-bond acceptors (Lipinski definition) is 5. The summed E-state index contributed by atoms with van der Waals surface area (Å²) in [5.74, 6) is 0.851. The zero-order valence-electron chi connectivity index (χ0n) is 13.7. The quantitative estimate of drug-likeness (QED) is 0.852. The molecule has 0 spiro atoms. The van der Waals surface area contributed by atoms with Crippen LogP contribution in [0.2, 0.25) is 0 Å². The monoisotopic (exact) mass is 326 g/mol. The van der Waals surface area contributed by atoms with E-state index in [0.29, 0.717) is 24.0 Å². The number of anilines is 1. The minimum atomic E-state index is -0.204. The van der Waals surface area contributed by atoms with E-state index in [9.17, 15) is 4.79 Å². The average Bonchev–Trinajstić information content (AvgIpc) is 3.10. The molecule has 6 heteroatoms. The predicted molar refractivity (Wildman–Crippen MR) is 91.8 cm³/mol. The first-order valence-electron chi connectivity index (χ1n) is 8.30. The zero-order valence-corrected chi connectivity index (χ0v) is 13.7. The Balaban J connectivity index is 1.58. The minimum absolute atomic E-state index is 0.112. The van der Waals surface area contributed by atoms with E-state index in [-0.39, 0.29) is 12.0 Å². The number of carbonyl (C=O) groups excluding carboxylic acids is 1. The summed E-state index contributed by atoms with van der Waals surface area (Å²) in [6.45, 7) is 3.97. The lowest BCUT2D eigenvalue weighted by molar-refractivity contribution is 0.0933. The lowest BCUT2D eigenvalue weighted by Gasteiger charge is -2.19. The van der Waals surface area contributed by atoms with E-state index in [1.165, 1.54) is 5.56 Å². The molecular formula is C18H22N4O2. The van der Waals surface area contributed by atoms with Crippen molar-refractivity contribution in [2.24, 2.45) is 5.92 Å². The van der Waals surface area contributed by atoms with Crippen LogP contribution in [0.4, 0.5) is 5.82 Å². The maximum atomic E-state index is 11.7. The molecule has 0 bridgehead atoms. The van der Waals surface area contributed by atoms with Gasteiger partial charge in [0, 0.05) is 25.6 Å². The van der Waals surface area contributed by atoms with E-state index in [1.807, 2.05) is 25.1 Å². The molecule has 0 unspecified atom stereocenters. The molecule has 24 heavy (non-hydrogen) atoms. The van der Waals surface area contributed by atoms with Crippen LogP contribution in [0, 0.1) is 5.92 Å². The first-order valence-corrected chi connectivity index (χ1v) is 8.30. The first-order chi connectivity index (χ1) is 11.8. The summed E-state index contributed by atoms with van der Waals surface area (Å²) >= 11 is 0. The minimum Gasteiger partial charge on any atom is -0.373 e. The predicted octanol–water partition coefficient (Wildman–Crippen LogP) is 2.42. The van der Waals surface area contributed by atoms with Crippen LogP contribution in [0.25, 0.3) is 0 Å². The molecule has 1 amide bonds. The largest absolute Gasteiger partial charge is 0.373 e. The lowest BCUT2D eigenvalue weighted by atomic mass is 9.95. The molecule has 126 valence electrons.